The SMILES string of the molecule is CC(C)C(=O)C1C(=O)C(C)(C)OC1(C)C. The Kier molecular flexibility index (Phi) is 2.81. The van der Waals surface area contributed by atoms with Gasteiger partial charge in [0.25, 0.3) is 0 Å². The molecule has 0 N–H and O–H groups in total. The molecule has 0 radical (unpaired) electrons. The molecule has 1 aliphatic rings. The maximum absolute atomic E-state index is 12.0. The van der Waals surface area contributed by atoms with Crippen molar-refractivity contribution in [2.45, 2.75) is 52.7 Å². The van der Waals surface area contributed by atoms with E-state index in [1.54, 1.807) is 13.8 Å². The van der Waals surface area contributed by atoms with Crippen LogP contribution in [-0.4, -0.2) is 22.8 Å². The van der Waals surface area contributed by atoms with Crippen LogP contribution in [0.25, 0.3) is 0 Å². The summed E-state index contributed by atoms with van der Waals surface area (Å²) in [5.74, 6) is -0.856. The highest BCUT2D eigenvalue weighted by Gasteiger charge is 2.56. The molecule has 1 aliphatic heterocycles. The Morgan fingerprint density at radius 1 is 1.27 bits per heavy atom. The lowest BCUT2D eigenvalue weighted by Gasteiger charge is -2.25. The van der Waals surface area contributed by atoms with E-state index in [9.17, 15) is 9.59 Å². The molecule has 1 atom stereocenters. The van der Waals surface area contributed by atoms with Crippen molar-refractivity contribution in [3.63, 3.8) is 0 Å². The summed E-state index contributed by atoms with van der Waals surface area (Å²) in [6, 6.07) is 0. The Balaban J connectivity index is 3.08. The first-order valence-electron chi connectivity index (χ1n) is 5.38. The molecule has 0 aromatic carbocycles. The summed E-state index contributed by atoms with van der Waals surface area (Å²) in [6.07, 6.45) is 0. The number of Topliss-reactive ketones (excluding diaryl/α,β-unsaturated/α-hetero) is 2. The molecule has 3 heteroatoms. The number of ether oxygens (including phenoxy) is 1. The van der Waals surface area contributed by atoms with Gasteiger partial charge in [-0.1, -0.05) is 13.8 Å². The summed E-state index contributed by atoms with van der Waals surface area (Å²) in [5.41, 5.74) is -1.51. The maximum atomic E-state index is 12.0. The highest BCUT2D eigenvalue weighted by atomic mass is 16.5. The van der Waals surface area contributed by atoms with Gasteiger partial charge >= 0.3 is 0 Å². The van der Waals surface area contributed by atoms with E-state index in [2.05, 4.69) is 0 Å². The van der Waals surface area contributed by atoms with Gasteiger partial charge in [-0.25, -0.2) is 0 Å². The molecule has 0 aliphatic carbocycles. The van der Waals surface area contributed by atoms with Crippen molar-refractivity contribution in [2.75, 3.05) is 0 Å². The lowest BCUT2D eigenvalue weighted by atomic mass is 9.79. The van der Waals surface area contributed by atoms with Gasteiger partial charge in [-0.3, -0.25) is 9.59 Å². The predicted octanol–water partition coefficient (Wildman–Crippen LogP) is 1.98. The molecular weight excluding hydrogens is 192 g/mol. The molecule has 1 fully saturated rings. The molecule has 1 saturated heterocycles. The van der Waals surface area contributed by atoms with Crippen LogP contribution in [0.1, 0.15) is 41.5 Å². The first kappa shape index (κ1) is 12.4. The van der Waals surface area contributed by atoms with Crippen LogP contribution >= 0.6 is 0 Å². The molecule has 0 aromatic rings. The average molecular weight is 212 g/mol. The lowest BCUT2D eigenvalue weighted by Crippen LogP contribution is -2.39. The lowest BCUT2D eigenvalue weighted by molar-refractivity contribution is -0.135. The molecule has 0 amide bonds. The first-order valence-corrected chi connectivity index (χ1v) is 5.38. The maximum Gasteiger partial charge on any atom is 0.177 e. The van der Waals surface area contributed by atoms with E-state index < -0.39 is 17.1 Å². The zero-order valence-corrected chi connectivity index (χ0v) is 10.4. The van der Waals surface area contributed by atoms with E-state index in [1.807, 2.05) is 27.7 Å². The van der Waals surface area contributed by atoms with Gasteiger partial charge in [0.05, 0.1) is 5.60 Å². The molecule has 0 bridgehead atoms. The van der Waals surface area contributed by atoms with Crippen molar-refractivity contribution >= 4 is 11.6 Å². The standard InChI is InChI=1S/C12H20O3/c1-7(2)9(13)8-10(14)12(5,6)15-11(8,3)4/h7-8H,1-6H3. The van der Waals surface area contributed by atoms with Crippen molar-refractivity contribution in [3.05, 3.63) is 0 Å². The number of hydrogen-bond donors (Lipinski definition) is 0. The molecule has 15 heavy (non-hydrogen) atoms. The minimum absolute atomic E-state index is 0.0180. The Bertz CT molecular complexity index is 300. The van der Waals surface area contributed by atoms with Gasteiger partial charge in [-0.2, -0.15) is 0 Å². The van der Waals surface area contributed by atoms with Gasteiger partial charge in [0.1, 0.15) is 17.3 Å². The molecule has 1 unspecified atom stereocenters. The van der Waals surface area contributed by atoms with Crippen LogP contribution in [0.15, 0.2) is 0 Å². The third-order valence-electron chi connectivity index (χ3n) is 2.92. The van der Waals surface area contributed by atoms with Gasteiger partial charge in [-0.05, 0) is 27.7 Å². The molecule has 0 aromatic heterocycles. The monoisotopic (exact) mass is 212 g/mol. The van der Waals surface area contributed by atoms with Crippen LogP contribution in [0.2, 0.25) is 0 Å². The average Bonchev–Trinajstić information content (AvgIpc) is 2.15. The van der Waals surface area contributed by atoms with Crippen molar-refractivity contribution < 1.29 is 14.3 Å². The van der Waals surface area contributed by atoms with Crippen LogP contribution < -0.4 is 0 Å². The van der Waals surface area contributed by atoms with E-state index >= 15 is 0 Å². The van der Waals surface area contributed by atoms with Crippen molar-refractivity contribution in [1.29, 1.82) is 0 Å². The summed E-state index contributed by atoms with van der Waals surface area (Å²) < 4.78 is 5.66. The van der Waals surface area contributed by atoms with Crippen LogP contribution in [0.5, 0.6) is 0 Å². The molecule has 0 spiro atoms. The fourth-order valence-electron chi connectivity index (χ4n) is 2.24. The van der Waals surface area contributed by atoms with E-state index in [-0.39, 0.29) is 17.5 Å². The summed E-state index contributed by atoms with van der Waals surface area (Å²) in [5, 5.41) is 0. The van der Waals surface area contributed by atoms with Crippen molar-refractivity contribution in [3.8, 4) is 0 Å². The normalized spacial score (nSPS) is 28.5. The predicted molar refractivity (Wildman–Crippen MR) is 57.6 cm³/mol. The van der Waals surface area contributed by atoms with Gasteiger partial charge in [-0.15, -0.1) is 0 Å². The zero-order chi connectivity index (χ0) is 12.0. The van der Waals surface area contributed by atoms with E-state index in [1.165, 1.54) is 0 Å². The van der Waals surface area contributed by atoms with Crippen LogP contribution in [-0.2, 0) is 14.3 Å². The summed E-state index contributed by atoms with van der Waals surface area (Å²) in [4.78, 5) is 24.0. The molecular formula is C12H20O3. The van der Waals surface area contributed by atoms with Gasteiger partial charge in [0.15, 0.2) is 5.78 Å². The Labute approximate surface area is 91.2 Å². The molecule has 0 saturated carbocycles. The minimum atomic E-state index is -0.835. The number of ketones is 2. The van der Waals surface area contributed by atoms with Crippen LogP contribution in [0.3, 0.4) is 0 Å². The first-order chi connectivity index (χ1) is 6.59. The number of rotatable bonds is 2. The fourth-order valence-corrected chi connectivity index (χ4v) is 2.24. The van der Waals surface area contributed by atoms with Crippen molar-refractivity contribution in [2.24, 2.45) is 11.8 Å². The van der Waals surface area contributed by atoms with Crippen molar-refractivity contribution in [1.82, 2.24) is 0 Å². The second kappa shape index (κ2) is 3.41. The summed E-state index contributed by atoms with van der Waals surface area (Å²) >= 11 is 0. The molecule has 3 nitrogen and oxygen atoms in total. The smallest absolute Gasteiger partial charge is 0.177 e. The summed E-state index contributed by atoms with van der Waals surface area (Å²) in [7, 11) is 0. The topological polar surface area (TPSA) is 43.4 Å². The van der Waals surface area contributed by atoms with E-state index in [4.69, 9.17) is 4.74 Å². The second-order valence-corrected chi connectivity index (χ2v) is 5.57. The largest absolute Gasteiger partial charge is 0.361 e. The molecule has 1 heterocycles. The van der Waals surface area contributed by atoms with E-state index in [0.29, 0.717) is 0 Å². The molecule has 1 rings (SSSR count). The van der Waals surface area contributed by atoms with Gasteiger partial charge < -0.3 is 4.74 Å². The number of carbonyl (C=O) groups is 2. The number of hydrogen-bond acceptors (Lipinski definition) is 3. The highest BCUT2D eigenvalue weighted by Crippen LogP contribution is 2.40. The molecule has 86 valence electrons. The second-order valence-electron chi connectivity index (χ2n) is 5.57. The minimum Gasteiger partial charge on any atom is -0.361 e. The third-order valence-corrected chi connectivity index (χ3v) is 2.92. The summed E-state index contributed by atoms with van der Waals surface area (Å²) in [6.45, 7) is 10.7. The van der Waals surface area contributed by atoms with Gasteiger partial charge in [0, 0.05) is 5.92 Å². The Hall–Kier alpha value is -0.700. The highest BCUT2D eigenvalue weighted by molar-refractivity contribution is 6.08. The third kappa shape index (κ3) is 1.98. The van der Waals surface area contributed by atoms with Crippen LogP contribution in [0, 0.1) is 11.8 Å². The van der Waals surface area contributed by atoms with Crippen LogP contribution in [0.4, 0.5) is 0 Å². The number of carbonyl (C=O) groups excluding carboxylic acids is 2. The Morgan fingerprint density at radius 2 is 1.73 bits per heavy atom. The quantitative estimate of drug-likeness (QED) is 0.657. The zero-order valence-electron chi connectivity index (χ0n) is 10.4. The Morgan fingerprint density at radius 3 is 2.00 bits per heavy atom. The fraction of sp³-hybridized carbons (Fsp3) is 0.833. The van der Waals surface area contributed by atoms with Gasteiger partial charge in [0.2, 0.25) is 0 Å². The van der Waals surface area contributed by atoms with E-state index in [0.717, 1.165) is 0 Å².